The van der Waals surface area contributed by atoms with Crippen LogP contribution in [0, 0.1) is 0 Å². The molecule has 0 aliphatic rings. The molecule has 1 N–H and O–H groups in total. The minimum Gasteiger partial charge on any atom is -0.355 e. The zero-order chi connectivity index (χ0) is 13.7. The second-order valence-corrected chi connectivity index (χ2v) is 4.51. The lowest BCUT2D eigenvalue weighted by atomic mass is 10.2. The van der Waals surface area contributed by atoms with E-state index in [0.717, 1.165) is 0 Å². The van der Waals surface area contributed by atoms with Crippen molar-refractivity contribution in [1.29, 1.82) is 0 Å². The highest BCUT2D eigenvalue weighted by atomic mass is 35.5. The number of nitrogens with zero attached hydrogens (tertiary/aromatic N) is 1. The van der Waals surface area contributed by atoms with E-state index in [9.17, 15) is 9.59 Å². The Labute approximate surface area is 116 Å². The Hall–Kier alpha value is -1.26. The third-order valence-electron chi connectivity index (χ3n) is 2.31. The van der Waals surface area contributed by atoms with E-state index in [-0.39, 0.29) is 11.8 Å². The maximum absolute atomic E-state index is 11.6. The van der Waals surface area contributed by atoms with Gasteiger partial charge in [-0.25, -0.2) is 0 Å². The average molecular weight is 289 g/mol. The van der Waals surface area contributed by atoms with Crippen molar-refractivity contribution in [3.63, 3.8) is 0 Å². The summed E-state index contributed by atoms with van der Waals surface area (Å²) in [4.78, 5) is 23.9. The van der Waals surface area contributed by atoms with Crippen LogP contribution in [-0.2, 0) is 9.59 Å². The maximum Gasteiger partial charge on any atom is 0.223 e. The van der Waals surface area contributed by atoms with Crippen molar-refractivity contribution in [2.45, 2.75) is 13.8 Å². The summed E-state index contributed by atoms with van der Waals surface area (Å²) >= 11 is 12.0. The molecule has 0 fully saturated rings. The highest BCUT2D eigenvalue weighted by molar-refractivity contribution is 6.44. The summed E-state index contributed by atoms with van der Waals surface area (Å²) in [6, 6.07) is 5.08. The Morgan fingerprint density at radius 1 is 1.28 bits per heavy atom. The normalized spacial score (nSPS) is 10.0. The minimum absolute atomic E-state index is 0.143. The Balaban J connectivity index is 2.88. The van der Waals surface area contributed by atoms with Crippen molar-refractivity contribution in [2.24, 2.45) is 0 Å². The number of anilines is 1. The second kappa shape index (κ2) is 6.61. The lowest BCUT2D eigenvalue weighted by Gasteiger charge is -2.22. The van der Waals surface area contributed by atoms with Gasteiger partial charge in [-0.1, -0.05) is 29.3 Å². The van der Waals surface area contributed by atoms with Crippen molar-refractivity contribution in [1.82, 2.24) is 5.32 Å². The minimum atomic E-state index is -0.162. The molecule has 1 rings (SSSR count). The van der Waals surface area contributed by atoms with Gasteiger partial charge >= 0.3 is 0 Å². The number of carbonyl (C=O) groups is 2. The first-order valence-corrected chi connectivity index (χ1v) is 6.15. The van der Waals surface area contributed by atoms with Crippen LogP contribution in [0.25, 0.3) is 0 Å². The Bertz CT molecular complexity index is 463. The molecule has 0 aromatic heterocycles. The molecule has 0 bridgehead atoms. The standard InChI is InChI=1S/C12H14Cl2N2O2/c1-8(17)15-6-7-16(9(2)18)11-5-3-4-10(13)12(11)14/h3-5H,6-7H2,1-2H3,(H,15,17). The van der Waals surface area contributed by atoms with E-state index in [0.29, 0.717) is 28.8 Å². The van der Waals surface area contributed by atoms with Crippen LogP contribution in [0.2, 0.25) is 10.0 Å². The van der Waals surface area contributed by atoms with Gasteiger partial charge in [0.05, 0.1) is 15.7 Å². The monoisotopic (exact) mass is 288 g/mol. The van der Waals surface area contributed by atoms with E-state index in [1.807, 2.05) is 0 Å². The van der Waals surface area contributed by atoms with Crippen LogP contribution >= 0.6 is 23.2 Å². The first kappa shape index (κ1) is 14.8. The Morgan fingerprint density at radius 2 is 1.94 bits per heavy atom. The van der Waals surface area contributed by atoms with Gasteiger partial charge < -0.3 is 10.2 Å². The third-order valence-corrected chi connectivity index (χ3v) is 3.12. The molecule has 0 saturated carbocycles. The molecular weight excluding hydrogens is 275 g/mol. The summed E-state index contributed by atoms with van der Waals surface area (Å²) < 4.78 is 0. The van der Waals surface area contributed by atoms with Gasteiger partial charge in [-0.2, -0.15) is 0 Å². The molecule has 0 spiro atoms. The van der Waals surface area contributed by atoms with Crippen LogP contribution in [0.1, 0.15) is 13.8 Å². The van der Waals surface area contributed by atoms with Crippen molar-refractivity contribution >= 4 is 40.7 Å². The summed E-state index contributed by atoms with van der Waals surface area (Å²) in [7, 11) is 0. The van der Waals surface area contributed by atoms with Crippen LogP contribution in [0.4, 0.5) is 5.69 Å². The zero-order valence-corrected chi connectivity index (χ0v) is 11.7. The summed E-state index contributed by atoms with van der Waals surface area (Å²) in [5.41, 5.74) is 0.544. The fraction of sp³-hybridized carbons (Fsp3) is 0.333. The van der Waals surface area contributed by atoms with Crippen molar-refractivity contribution in [2.75, 3.05) is 18.0 Å². The van der Waals surface area contributed by atoms with E-state index in [1.165, 1.54) is 18.7 Å². The fourth-order valence-corrected chi connectivity index (χ4v) is 1.89. The lowest BCUT2D eigenvalue weighted by molar-refractivity contribution is -0.119. The largest absolute Gasteiger partial charge is 0.355 e. The lowest BCUT2D eigenvalue weighted by Crippen LogP contribution is -2.37. The number of carbonyl (C=O) groups excluding carboxylic acids is 2. The van der Waals surface area contributed by atoms with Crippen molar-refractivity contribution < 1.29 is 9.59 Å². The molecule has 0 saturated heterocycles. The molecule has 0 aliphatic heterocycles. The number of benzene rings is 1. The van der Waals surface area contributed by atoms with Gasteiger partial charge in [-0.05, 0) is 12.1 Å². The maximum atomic E-state index is 11.6. The molecule has 0 heterocycles. The first-order valence-electron chi connectivity index (χ1n) is 5.40. The van der Waals surface area contributed by atoms with Crippen LogP contribution < -0.4 is 10.2 Å². The molecule has 2 amide bonds. The van der Waals surface area contributed by atoms with Gasteiger partial charge in [-0.3, -0.25) is 9.59 Å². The molecule has 18 heavy (non-hydrogen) atoms. The SMILES string of the molecule is CC(=O)NCCN(C(C)=O)c1cccc(Cl)c1Cl. The molecule has 0 atom stereocenters. The number of amides is 2. The number of nitrogens with one attached hydrogen (secondary N) is 1. The number of halogens is 2. The van der Waals surface area contributed by atoms with Crippen LogP contribution in [-0.4, -0.2) is 24.9 Å². The third kappa shape index (κ3) is 3.89. The first-order chi connectivity index (χ1) is 8.43. The molecule has 1 aromatic carbocycles. The molecule has 6 heteroatoms. The Kier molecular flexibility index (Phi) is 5.44. The van der Waals surface area contributed by atoms with Crippen molar-refractivity contribution in [3.05, 3.63) is 28.2 Å². The van der Waals surface area contributed by atoms with Gasteiger partial charge in [0.1, 0.15) is 0 Å². The number of hydrogen-bond acceptors (Lipinski definition) is 2. The van der Waals surface area contributed by atoms with Gasteiger partial charge in [0, 0.05) is 26.9 Å². The molecule has 4 nitrogen and oxygen atoms in total. The summed E-state index contributed by atoms with van der Waals surface area (Å²) in [5, 5.41) is 3.35. The quantitative estimate of drug-likeness (QED) is 0.925. The molecule has 0 radical (unpaired) electrons. The van der Waals surface area contributed by atoms with E-state index in [1.54, 1.807) is 18.2 Å². The van der Waals surface area contributed by atoms with Gasteiger partial charge in [0.15, 0.2) is 0 Å². The van der Waals surface area contributed by atoms with Crippen molar-refractivity contribution in [3.8, 4) is 0 Å². The smallest absolute Gasteiger partial charge is 0.223 e. The van der Waals surface area contributed by atoms with Gasteiger partial charge in [-0.15, -0.1) is 0 Å². The highest BCUT2D eigenvalue weighted by Gasteiger charge is 2.15. The number of rotatable bonds is 4. The molecule has 0 aliphatic carbocycles. The van der Waals surface area contributed by atoms with Crippen LogP contribution in [0.5, 0.6) is 0 Å². The number of hydrogen-bond donors (Lipinski definition) is 1. The predicted molar refractivity (Wildman–Crippen MR) is 73.2 cm³/mol. The predicted octanol–water partition coefficient (Wildman–Crippen LogP) is 2.48. The van der Waals surface area contributed by atoms with E-state index < -0.39 is 0 Å². The average Bonchev–Trinajstić information content (AvgIpc) is 2.28. The molecular formula is C12H14Cl2N2O2. The van der Waals surface area contributed by atoms with E-state index >= 15 is 0 Å². The fourth-order valence-electron chi connectivity index (χ4n) is 1.49. The highest BCUT2D eigenvalue weighted by Crippen LogP contribution is 2.32. The molecule has 98 valence electrons. The van der Waals surface area contributed by atoms with Gasteiger partial charge in [0.2, 0.25) is 11.8 Å². The summed E-state index contributed by atoms with van der Waals surface area (Å²) in [5.74, 6) is -0.305. The van der Waals surface area contributed by atoms with Crippen LogP contribution in [0.15, 0.2) is 18.2 Å². The molecule has 0 unspecified atom stereocenters. The van der Waals surface area contributed by atoms with E-state index in [4.69, 9.17) is 23.2 Å². The summed E-state index contributed by atoms with van der Waals surface area (Å²) in [6.07, 6.45) is 0. The molecule has 1 aromatic rings. The topological polar surface area (TPSA) is 49.4 Å². The summed E-state index contributed by atoms with van der Waals surface area (Å²) in [6.45, 7) is 3.56. The Morgan fingerprint density at radius 3 is 2.50 bits per heavy atom. The zero-order valence-electron chi connectivity index (χ0n) is 10.2. The van der Waals surface area contributed by atoms with E-state index in [2.05, 4.69) is 5.32 Å². The second-order valence-electron chi connectivity index (χ2n) is 3.73. The van der Waals surface area contributed by atoms with Gasteiger partial charge in [0.25, 0.3) is 0 Å². The van der Waals surface area contributed by atoms with Crippen LogP contribution in [0.3, 0.4) is 0 Å².